The van der Waals surface area contributed by atoms with Gasteiger partial charge >= 0.3 is 0 Å². The Labute approximate surface area is 102 Å². The van der Waals surface area contributed by atoms with Crippen molar-refractivity contribution in [3.8, 4) is 0 Å². The lowest BCUT2D eigenvalue weighted by molar-refractivity contribution is -0.125. The molecule has 1 amide bonds. The molecule has 0 aromatic heterocycles. The van der Waals surface area contributed by atoms with Crippen LogP contribution in [-0.4, -0.2) is 24.5 Å². The molecule has 1 rings (SSSR count). The normalized spacial score (nSPS) is 29.1. The summed E-state index contributed by atoms with van der Waals surface area (Å²) in [4.78, 5) is 14.3. The Hall–Kier alpha value is -1.26. The first kappa shape index (κ1) is 13.8. The van der Waals surface area contributed by atoms with Crippen molar-refractivity contribution < 1.29 is 4.79 Å². The highest BCUT2D eigenvalue weighted by Gasteiger charge is 2.37. The number of hydrogen-bond acceptors (Lipinski definition) is 3. The molecule has 0 heterocycles. The van der Waals surface area contributed by atoms with E-state index in [1.54, 1.807) is 0 Å². The lowest BCUT2D eigenvalue weighted by Crippen LogP contribution is -2.55. The van der Waals surface area contributed by atoms with E-state index in [9.17, 15) is 4.79 Å². The van der Waals surface area contributed by atoms with Crippen molar-refractivity contribution in [2.75, 3.05) is 13.1 Å². The predicted molar refractivity (Wildman–Crippen MR) is 66.2 cm³/mol. The number of carbonyl (C=O) groups excluding carboxylic acids is 1. The van der Waals surface area contributed by atoms with E-state index >= 15 is 0 Å². The van der Waals surface area contributed by atoms with Crippen LogP contribution in [0.4, 0.5) is 0 Å². The van der Waals surface area contributed by atoms with E-state index < -0.39 is 5.54 Å². The summed E-state index contributed by atoms with van der Waals surface area (Å²) in [7, 11) is 0. The third-order valence-corrected chi connectivity index (χ3v) is 3.57. The van der Waals surface area contributed by atoms with Crippen molar-refractivity contribution in [2.24, 2.45) is 16.8 Å². The molecular formula is C11H21N5O. The van der Waals surface area contributed by atoms with E-state index in [-0.39, 0.29) is 5.91 Å². The first-order chi connectivity index (χ1) is 8.10. The van der Waals surface area contributed by atoms with Crippen LogP contribution in [0, 0.1) is 5.92 Å². The Morgan fingerprint density at radius 2 is 2.35 bits per heavy atom. The largest absolute Gasteiger partial charge is 0.368 e. The molecule has 6 nitrogen and oxygen atoms in total. The van der Waals surface area contributed by atoms with Crippen LogP contribution in [-0.2, 0) is 4.79 Å². The minimum absolute atomic E-state index is 0.285. The lowest BCUT2D eigenvalue weighted by atomic mass is 9.89. The van der Waals surface area contributed by atoms with Crippen molar-refractivity contribution in [3.05, 3.63) is 10.4 Å². The summed E-state index contributed by atoms with van der Waals surface area (Å²) in [6.07, 6.45) is 4.73. The number of primary amides is 1. The van der Waals surface area contributed by atoms with Gasteiger partial charge in [0.2, 0.25) is 5.91 Å². The quantitative estimate of drug-likeness (QED) is 0.251. The Bertz CT molecular complexity index is 313. The van der Waals surface area contributed by atoms with E-state index in [4.69, 9.17) is 11.3 Å². The average Bonchev–Trinajstić information content (AvgIpc) is 2.48. The molecule has 6 heteroatoms. The molecule has 1 saturated carbocycles. The van der Waals surface area contributed by atoms with Crippen LogP contribution in [0.5, 0.6) is 0 Å². The third kappa shape index (κ3) is 3.91. The first-order valence-electron chi connectivity index (χ1n) is 6.16. The minimum atomic E-state index is -0.601. The molecule has 0 aliphatic heterocycles. The number of hydrogen-bond donors (Lipinski definition) is 2. The molecule has 0 bridgehead atoms. The minimum Gasteiger partial charge on any atom is -0.368 e. The zero-order valence-corrected chi connectivity index (χ0v) is 10.4. The summed E-state index contributed by atoms with van der Waals surface area (Å²) in [5.74, 6) is 0.364. The van der Waals surface area contributed by atoms with Crippen molar-refractivity contribution in [1.29, 1.82) is 0 Å². The zero-order chi connectivity index (χ0) is 12.7. The van der Waals surface area contributed by atoms with Crippen molar-refractivity contribution in [3.63, 3.8) is 0 Å². The van der Waals surface area contributed by atoms with E-state index in [1.807, 2.05) is 0 Å². The van der Waals surface area contributed by atoms with Crippen LogP contribution in [0.15, 0.2) is 5.11 Å². The molecule has 96 valence electrons. The number of carbonyl (C=O) groups is 1. The van der Waals surface area contributed by atoms with Crippen molar-refractivity contribution in [2.45, 2.75) is 44.6 Å². The van der Waals surface area contributed by atoms with Crippen molar-refractivity contribution >= 4 is 5.91 Å². The molecule has 0 radical (unpaired) electrons. The Morgan fingerprint density at radius 3 is 3.00 bits per heavy atom. The van der Waals surface area contributed by atoms with Gasteiger partial charge < -0.3 is 11.1 Å². The van der Waals surface area contributed by atoms with E-state index in [1.165, 1.54) is 0 Å². The molecule has 0 saturated heterocycles. The summed E-state index contributed by atoms with van der Waals surface area (Å²) in [6.45, 7) is 3.06. The highest BCUT2D eigenvalue weighted by atomic mass is 16.1. The molecule has 17 heavy (non-hydrogen) atoms. The van der Waals surface area contributed by atoms with Crippen LogP contribution in [0.1, 0.15) is 39.0 Å². The molecule has 1 aliphatic carbocycles. The molecule has 0 spiro atoms. The Kier molecular flexibility index (Phi) is 5.25. The van der Waals surface area contributed by atoms with Gasteiger partial charge in [-0.25, -0.2) is 0 Å². The third-order valence-electron chi connectivity index (χ3n) is 3.57. The average molecular weight is 239 g/mol. The molecule has 3 N–H and O–H groups in total. The van der Waals surface area contributed by atoms with Gasteiger partial charge in [0.05, 0.1) is 5.54 Å². The second-order valence-corrected chi connectivity index (χ2v) is 4.86. The molecule has 2 unspecified atom stereocenters. The number of nitrogens with zero attached hydrogens (tertiary/aromatic N) is 3. The Morgan fingerprint density at radius 1 is 1.59 bits per heavy atom. The van der Waals surface area contributed by atoms with Crippen LogP contribution in [0.2, 0.25) is 0 Å². The molecule has 0 aromatic rings. The van der Waals surface area contributed by atoms with Crippen LogP contribution < -0.4 is 11.1 Å². The van der Waals surface area contributed by atoms with Gasteiger partial charge in [0.25, 0.3) is 0 Å². The SMILES string of the molecule is CC1CCCC(NCCN=[N+]=[N-])(C(N)=O)CC1. The van der Waals surface area contributed by atoms with Crippen LogP contribution in [0.3, 0.4) is 0 Å². The van der Waals surface area contributed by atoms with E-state index in [0.717, 1.165) is 32.1 Å². The van der Waals surface area contributed by atoms with Gasteiger partial charge in [0.1, 0.15) is 0 Å². The van der Waals surface area contributed by atoms with Crippen LogP contribution >= 0.6 is 0 Å². The summed E-state index contributed by atoms with van der Waals surface area (Å²) in [5.41, 5.74) is 13.1. The first-order valence-corrected chi connectivity index (χ1v) is 6.16. The van der Waals surface area contributed by atoms with Gasteiger partial charge in [-0.05, 0) is 30.7 Å². The number of nitrogens with one attached hydrogen (secondary N) is 1. The van der Waals surface area contributed by atoms with Crippen LogP contribution in [0.25, 0.3) is 10.4 Å². The van der Waals surface area contributed by atoms with Gasteiger partial charge in [-0.2, -0.15) is 0 Å². The maximum absolute atomic E-state index is 11.7. The lowest BCUT2D eigenvalue weighted by Gasteiger charge is -2.30. The second-order valence-electron chi connectivity index (χ2n) is 4.86. The number of amides is 1. The molecular weight excluding hydrogens is 218 g/mol. The van der Waals surface area contributed by atoms with Gasteiger partial charge in [0, 0.05) is 18.0 Å². The smallest absolute Gasteiger partial charge is 0.237 e. The van der Waals surface area contributed by atoms with E-state index in [0.29, 0.717) is 19.0 Å². The molecule has 2 atom stereocenters. The predicted octanol–water partition coefficient (Wildman–Crippen LogP) is 1.71. The monoisotopic (exact) mass is 239 g/mol. The fourth-order valence-corrected chi connectivity index (χ4v) is 2.41. The highest BCUT2D eigenvalue weighted by molar-refractivity contribution is 5.84. The molecule has 1 aliphatic rings. The van der Waals surface area contributed by atoms with Gasteiger partial charge in [-0.15, -0.1) is 0 Å². The zero-order valence-electron chi connectivity index (χ0n) is 10.4. The topological polar surface area (TPSA) is 104 Å². The molecule has 1 fully saturated rings. The molecule has 0 aromatic carbocycles. The number of azide groups is 1. The second kappa shape index (κ2) is 6.47. The summed E-state index contributed by atoms with van der Waals surface area (Å²) >= 11 is 0. The summed E-state index contributed by atoms with van der Waals surface area (Å²) in [6, 6.07) is 0. The summed E-state index contributed by atoms with van der Waals surface area (Å²) in [5, 5.41) is 6.64. The Balaban J connectivity index is 2.61. The fraction of sp³-hybridized carbons (Fsp3) is 0.909. The van der Waals surface area contributed by atoms with Gasteiger partial charge in [-0.3, -0.25) is 4.79 Å². The number of nitrogens with two attached hydrogens (primary N) is 1. The number of rotatable bonds is 5. The van der Waals surface area contributed by atoms with Crippen molar-refractivity contribution in [1.82, 2.24) is 5.32 Å². The van der Waals surface area contributed by atoms with Gasteiger partial charge in [-0.1, -0.05) is 24.9 Å². The maximum atomic E-state index is 11.7. The van der Waals surface area contributed by atoms with E-state index in [2.05, 4.69) is 22.3 Å². The fourth-order valence-electron chi connectivity index (χ4n) is 2.41. The standard InChI is InChI=1S/C11H21N5O/c1-9-3-2-5-11(6-4-9,10(12)17)14-7-8-15-16-13/h9,14H,2-8H2,1H3,(H2,12,17). The summed E-state index contributed by atoms with van der Waals surface area (Å²) < 4.78 is 0. The highest BCUT2D eigenvalue weighted by Crippen LogP contribution is 2.30. The maximum Gasteiger partial charge on any atom is 0.237 e. The van der Waals surface area contributed by atoms with Gasteiger partial charge in [0.15, 0.2) is 0 Å².